The Morgan fingerprint density at radius 3 is 1.92 bits per heavy atom. The minimum absolute atomic E-state index is 0.115. The van der Waals surface area contributed by atoms with Crippen LogP contribution in [-0.4, -0.2) is 50.4 Å². The van der Waals surface area contributed by atoms with Crippen molar-refractivity contribution in [2.24, 2.45) is 0 Å². The maximum absolute atomic E-state index is 10.7. The Morgan fingerprint density at radius 1 is 0.800 bits per heavy atom. The molecule has 144 valence electrons. The molecule has 0 aliphatic heterocycles. The lowest BCUT2D eigenvalue weighted by Crippen LogP contribution is -2.41. The van der Waals surface area contributed by atoms with Gasteiger partial charge >= 0.3 is 0 Å². The highest BCUT2D eigenvalue weighted by atomic mass is 32.2. The van der Waals surface area contributed by atoms with E-state index in [1.807, 2.05) is 0 Å². The predicted molar refractivity (Wildman–Crippen MR) is 105 cm³/mol. The number of nitrogens with zero attached hydrogens (tertiary/aromatic N) is 1. The number of hydrogen-bond acceptors (Lipinski definition) is 2. The van der Waals surface area contributed by atoms with Crippen LogP contribution in [0.4, 0.5) is 0 Å². The predicted octanol–water partition coefficient (Wildman–Crippen LogP) is 4.31. The van der Waals surface area contributed by atoms with E-state index in [4.69, 9.17) is 4.55 Å². The van der Waals surface area contributed by atoms with Crippen LogP contribution in [0.15, 0.2) is 30.3 Å². The van der Waals surface area contributed by atoms with Crippen molar-refractivity contribution in [3.05, 3.63) is 35.9 Å². The zero-order chi connectivity index (χ0) is 18.6. The van der Waals surface area contributed by atoms with Gasteiger partial charge < -0.3 is 4.48 Å². The van der Waals surface area contributed by atoms with E-state index in [1.165, 1.54) is 50.5 Å². The van der Waals surface area contributed by atoms with Gasteiger partial charge in [-0.2, -0.15) is 8.42 Å². The molecule has 4 nitrogen and oxygen atoms in total. The largest absolute Gasteiger partial charge is 0.328 e. The van der Waals surface area contributed by atoms with Crippen molar-refractivity contribution in [1.29, 1.82) is 0 Å². The van der Waals surface area contributed by atoms with Gasteiger partial charge in [0.15, 0.2) is 0 Å². The third-order valence-corrected chi connectivity index (χ3v) is 5.54. The van der Waals surface area contributed by atoms with Crippen LogP contribution >= 0.6 is 0 Å². The number of rotatable bonds is 14. The van der Waals surface area contributed by atoms with Gasteiger partial charge in [-0.1, -0.05) is 49.6 Å². The van der Waals surface area contributed by atoms with Gasteiger partial charge in [-0.15, -0.1) is 0 Å². The molecule has 0 saturated heterocycles. The molecule has 0 spiro atoms. The maximum Gasteiger partial charge on any atom is 0.264 e. The first-order valence-corrected chi connectivity index (χ1v) is 11.2. The average molecular weight is 371 g/mol. The molecule has 1 aromatic rings. The molecule has 5 heteroatoms. The SMILES string of the molecule is C[N+](C)(CCCCCCCCc1ccccc1)CCCCS(=O)(=O)O. The first-order valence-electron chi connectivity index (χ1n) is 9.60. The molecule has 1 N–H and O–H groups in total. The Hall–Kier alpha value is -0.910. The number of hydrogen-bond donors (Lipinski definition) is 1. The minimum atomic E-state index is -3.80. The molecule has 0 aliphatic carbocycles. The summed E-state index contributed by atoms with van der Waals surface area (Å²) in [6, 6.07) is 10.7. The van der Waals surface area contributed by atoms with Crippen molar-refractivity contribution in [2.45, 2.75) is 57.8 Å². The fourth-order valence-electron chi connectivity index (χ4n) is 3.16. The molecular weight excluding hydrogens is 334 g/mol. The Morgan fingerprint density at radius 2 is 1.32 bits per heavy atom. The Bertz CT molecular complexity index is 556. The van der Waals surface area contributed by atoms with Gasteiger partial charge in [0.2, 0.25) is 0 Å². The van der Waals surface area contributed by atoms with Crippen molar-refractivity contribution < 1.29 is 17.5 Å². The normalized spacial score (nSPS) is 12.4. The van der Waals surface area contributed by atoms with E-state index in [-0.39, 0.29) is 5.75 Å². The summed E-state index contributed by atoms with van der Waals surface area (Å²) in [6.45, 7) is 2.10. The van der Waals surface area contributed by atoms with Crippen molar-refractivity contribution in [3.8, 4) is 0 Å². The summed E-state index contributed by atoms with van der Waals surface area (Å²) in [5, 5.41) is 0. The van der Waals surface area contributed by atoms with Crippen LogP contribution in [0.25, 0.3) is 0 Å². The standard InChI is InChI=1S/C20H35NO3S/c1-21(2,18-12-13-19-25(22,23)24)17-11-6-4-3-5-8-14-20-15-9-7-10-16-20/h7,9-10,15-16H,3-6,8,11-14,17-19H2,1-2H3/p+1. The lowest BCUT2D eigenvalue weighted by molar-refractivity contribution is -0.890. The zero-order valence-electron chi connectivity index (χ0n) is 16.0. The molecule has 1 rings (SSSR count). The number of benzene rings is 1. The first kappa shape index (κ1) is 22.1. The molecule has 0 heterocycles. The van der Waals surface area contributed by atoms with Crippen molar-refractivity contribution in [1.82, 2.24) is 0 Å². The van der Waals surface area contributed by atoms with E-state index >= 15 is 0 Å². The Balaban J connectivity index is 1.97. The van der Waals surface area contributed by atoms with Gasteiger partial charge in [-0.25, -0.2) is 0 Å². The minimum Gasteiger partial charge on any atom is -0.328 e. The highest BCUT2D eigenvalue weighted by Crippen LogP contribution is 2.12. The molecule has 0 fully saturated rings. The molecule has 0 aromatic heterocycles. The van der Waals surface area contributed by atoms with Gasteiger partial charge in [-0.3, -0.25) is 4.55 Å². The lowest BCUT2D eigenvalue weighted by Gasteiger charge is -2.29. The second kappa shape index (κ2) is 11.7. The Kier molecular flexibility index (Phi) is 10.3. The van der Waals surface area contributed by atoms with E-state index in [0.29, 0.717) is 6.42 Å². The van der Waals surface area contributed by atoms with E-state index in [9.17, 15) is 8.42 Å². The highest BCUT2D eigenvalue weighted by Gasteiger charge is 2.14. The topological polar surface area (TPSA) is 54.4 Å². The summed E-state index contributed by atoms with van der Waals surface area (Å²) < 4.78 is 31.1. The van der Waals surface area contributed by atoms with Crippen LogP contribution in [0, 0.1) is 0 Å². The van der Waals surface area contributed by atoms with Crippen LogP contribution in [0.3, 0.4) is 0 Å². The van der Waals surface area contributed by atoms with Crippen molar-refractivity contribution in [3.63, 3.8) is 0 Å². The molecule has 0 amide bonds. The van der Waals surface area contributed by atoms with Gasteiger partial charge in [0.1, 0.15) is 0 Å². The molecule has 0 atom stereocenters. The molecule has 0 bridgehead atoms. The summed E-state index contributed by atoms with van der Waals surface area (Å²) >= 11 is 0. The zero-order valence-corrected chi connectivity index (χ0v) is 16.8. The summed E-state index contributed by atoms with van der Waals surface area (Å²) in [7, 11) is 0.605. The number of unbranched alkanes of at least 4 members (excludes halogenated alkanes) is 6. The second-order valence-corrected chi connectivity index (χ2v) is 9.31. The third-order valence-electron chi connectivity index (χ3n) is 4.74. The van der Waals surface area contributed by atoms with Gasteiger partial charge in [0.25, 0.3) is 10.1 Å². The summed E-state index contributed by atoms with van der Waals surface area (Å²) in [5.41, 5.74) is 1.44. The van der Waals surface area contributed by atoms with Crippen LogP contribution < -0.4 is 0 Å². The van der Waals surface area contributed by atoms with Crippen LogP contribution in [0.2, 0.25) is 0 Å². The molecular formula is C20H36NO3S+. The second-order valence-electron chi connectivity index (χ2n) is 7.73. The highest BCUT2D eigenvalue weighted by molar-refractivity contribution is 7.85. The van der Waals surface area contributed by atoms with Gasteiger partial charge in [0.05, 0.1) is 32.9 Å². The molecule has 0 saturated carbocycles. The molecule has 25 heavy (non-hydrogen) atoms. The molecule has 1 aromatic carbocycles. The fraction of sp³-hybridized carbons (Fsp3) is 0.700. The summed E-state index contributed by atoms with van der Waals surface area (Å²) in [6.07, 6.45) is 10.3. The van der Waals surface area contributed by atoms with E-state index in [2.05, 4.69) is 44.4 Å². The molecule has 0 radical (unpaired) electrons. The van der Waals surface area contributed by atoms with E-state index in [0.717, 1.165) is 24.0 Å². The number of quaternary nitrogens is 1. The van der Waals surface area contributed by atoms with Gasteiger partial charge in [-0.05, 0) is 44.1 Å². The average Bonchev–Trinajstić information content (AvgIpc) is 2.54. The van der Waals surface area contributed by atoms with E-state index in [1.54, 1.807) is 0 Å². The van der Waals surface area contributed by atoms with Gasteiger partial charge in [0, 0.05) is 0 Å². The Labute approximate surface area is 154 Å². The monoisotopic (exact) mass is 370 g/mol. The van der Waals surface area contributed by atoms with Crippen LogP contribution in [0.1, 0.15) is 56.9 Å². The summed E-state index contributed by atoms with van der Waals surface area (Å²) in [5.74, 6) is -0.115. The maximum atomic E-state index is 10.7. The summed E-state index contributed by atoms with van der Waals surface area (Å²) in [4.78, 5) is 0. The number of aryl methyl sites for hydroxylation is 1. The molecule has 0 aliphatic rings. The lowest BCUT2D eigenvalue weighted by atomic mass is 10.0. The van der Waals surface area contributed by atoms with Crippen molar-refractivity contribution >= 4 is 10.1 Å². The first-order chi connectivity index (χ1) is 11.8. The van der Waals surface area contributed by atoms with Crippen molar-refractivity contribution in [2.75, 3.05) is 32.9 Å². The molecule has 0 unspecified atom stereocenters. The smallest absolute Gasteiger partial charge is 0.264 e. The third kappa shape index (κ3) is 13.0. The van der Waals surface area contributed by atoms with Crippen LogP contribution in [0.5, 0.6) is 0 Å². The fourth-order valence-corrected chi connectivity index (χ4v) is 3.73. The van der Waals surface area contributed by atoms with E-state index < -0.39 is 10.1 Å². The quantitative estimate of drug-likeness (QED) is 0.301. The van der Waals surface area contributed by atoms with Crippen LogP contribution in [-0.2, 0) is 16.5 Å².